The van der Waals surface area contributed by atoms with Gasteiger partial charge in [-0.3, -0.25) is 23.9 Å². The lowest BCUT2D eigenvalue weighted by atomic mass is 10.2. The molecule has 4 rings (SSSR count). The van der Waals surface area contributed by atoms with Gasteiger partial charge in [0.1, 0.15) is 5.82 Å². The van der Waals surface area contributed by atoms with Gasteiger partial charge in [-0.05, 0) is 25.3 Å². The quantitative estimate of drug-likeness (QED) is 0.458. The van der Waals surface area contributed by atoms with Gasteiger partial charge in [0.25, 0.3) is 5.56 Å². The summed E-state index contributed by atoms with van der Waals surface area (Å²) in [7, 11) is 0. The van der Waals surface area contributed by atoms with Crippen LogP contribution in [0, 0.1) is 5.92 Å². The summed E-state index contributed by atoms with van der Waals surface area (Å²) in [5.74, 6) is -0.489. The zero-order valence-corrected chi connectivity index (χ0v) is 18.9. The number of thiazole rings is 1. The van der Waals surface area contributed by atoms with E-state index in [1.807, 2.05) is 30.3 Å². The van der Waals surface area contributed by atoms with Crippen molar-refractivity contribution in [2.45, 2.75) is 32.7 Å². The highest BCUT2D eigenvalue weighted by molar-refractivity contribution is 7.13. The highest BCUT2D eigenvalue weighted by Crippen LogP contribution is 2.30. The van der Waals surface area contributed by atoms with Gasteiger partial charge < -0.3 is 16.0 Å². The molecule has 0 bridgehead atoms. The molecule has 1 aliphatic carbocycles. The number of H-pyrrole nitrogens is 1. The summed E-state index contributed by atoms with van der Waals surface area (Å²) in [4.78, 5) is 57.8. The Balaban J connectivity index is 1.56. The zero-order chi connectivity index (χ0) is 23.5. The van der Waals surface area contributed by atoms with E-state index in [2.05, 4.69) is 15.3 Å². The molecule has 0 aliphatic heterocycles. The number of carbonyl (C=O) groups excluding carboxylic acids is 2. The number of aromatic amines is 1. The largest absolute Gasteiger partial charge is 0.383 e. The molecule has 1 fully saturated rings. The molecule has 2 aromatic heterocycles. The van der Waals surface area contributed by atoms with Gasteiger partial charge in [0.2, 0.25) is 11.8 Å². The van der Waals surface area contributed by atoms with Crippen molar-refractivity contribution >= 4 is 39.8 Å². The molecule has 0 atom stereocenters. The lowest BCUT2D eigenvalue weighted by Crippen LogP contribution is -2.41. The van der Waals surface area contributed by atoms with Crippen molar-refractivity contribution in [3.05, 3.63) is 67.8 Å². The van der Waals surface area contributed by atoms with E-state index in [-0.39, 0.29) is 42.8 Å². The molecule has 33 heavy (non-hydrogen) atoms. The van der Waals surface area contributed by atoms with Gasteiger partial charge in [0, 0.05) is 17.8 Å². The van der Waals surface area contributed by atoms with Crippen molar-refractivity contribution in [3.63, 3.8) is 0 Å². The molecule has 0 radical (unpaired) electrons. The predicted molar refractivity (Wildman–Crippen MR) is 126 cm³/mol. The maximum atomic E-state index is 13.1. The summed E-state index contributed by atoms with van der Waals surface area (Å²) >= 11 is 1.24. The molecule has 10 nitrogen and oxygen atoms in total. The lowest BCUT2D eigenvalue weighted by Gasteiger charge is -2.23. The van der Waals surface area contributed by atoms with Crippen LogP contribution < -0.4 is 27.2 Å². The number of carbonyl (C=O) groups is 2. The first kappa shape index (κ1) is 22.5. The number of aromatic nitrogens is 3. The van der Waals surface area contributed by atoms with Gasteiger partial charge in [0.15, 0.2) is 10.8 Å². The van der Waals surface area contributed by atoms with Gasteiger partial charge in [0.05, 0.1) is 18.7 Å². The minimum atomic E-state index is -0.729. The summed E-state index contributed by atoms with van der Waals surface area (Å²) in [5.41, 5.74) is 6.07. The molecule has 2 heterocycles. The molecule has 11 heteroatoms. The first-order chi connectivity index (χ1) is 15.9. The Bertz CT molecular complexity index is 1290. The fraction of sp³-hybridized carbons (Fsp3) is 0.318. The molecule has 4 N–H and O–H groups in total. The number of nitrogen functional groups attached to an aromatic ring is 1. The van der Waals surface area contributed by atoms with Crippen molar-refractivity contribution in [1.29, 1.82) is 0 Å². The van der Waals surface area contributed by atoms with Crippen LogP contribution >= 0.6 is 11.3 Å². The van der Waals surface area contributed by atoms with Gasteiger partial charge in [-0.25, -0.2) is 9.78 Å². The second-order valence-corrected chi connectivity index (χ2v) is 8.65. The molecule has 1 aliphatic rings. The average Bonchev–Trinajstić information content (AvgIpc) is 3.56. The third-order valence-electron chi connectivity index (χ3n) is 5.35. The summed E-state index contributed by atoms with van der Waals surface area (Å²) in [5, 5.41) is 4.89. The monoisotopic (exact) mass is 468 g/mol. The smallest absolute Gasteiger partial charge is 0.330 e. The predicted octanol–water partition coefficient (Wildman–Crippen LogP) is 1.57. The molecular weight excluding hydrogens is 444 g/mol. The Morgan fingerprint density at radius 2 is 2.00 bits per heavy atom. The Morgan fingerprint density at radius 3 is 2.67 bits per heavy atom. The molecule has 2 amide bonds. The summed E-state index contributed by atoms with van der Waals surface area (Å²) in [6.45, 7) is 2.04. The van der Waals surface area contributed by atoms with Crippen LogP contribution in [0.2, 0.25) is 0 Å². The van der Waals surface area contributed by atoms with Crippen LogP contribution in [-0.4, -0.2) is 32.9 Å². The van der Waals surface area contributed by atoms with E-state index in [0.29, 0.717) is 10.8 Å². The number of amides is 2. The summed E-state index contributed by atoms with van der Waals surface area (Å²) in [6.07, 6.45) is 1.69. The molecule has 0 unspecified atom stereocenters. The topological polar surface area (TPSA) is 143 Å². The fourth-order valence-corrected chi connectivity index (χ4v) is 4.18. The second-order valence-electron chi connectivity index (χ2n) is 7.79. The summed E-state index contributed by atoms with van der Waals surface area (Å²) < 4.78 is 1.23. The highest BCUT2D eigenvalue weighted by Gasteiger charge is 2.30. The number of nitrogens with two attached hydrogens (primary N) is 1. The van der Waals surface area contributed by atoms with E-state index in [4.69, 9.17) is 5.73 Å². The van der Waals surface area contributed by atoms with Gasteiger partial charge >= 0.3 is 5.69 Å². The second kappa shape index (κ2) is 9.41. The van der Waals surface area contributed by atoms with E-state index in [0.717, 1.165) is 18.4 Å². The van der Waals surface area contributed by atoms with Crippen LogP contribution in [-0.2, 0) is 22.6 Å². The van der Waals surface area contributed by atoms with Crippen LogP contribution in [0.4, 0.5) is 16.6 Å². The SMILES string of the molecule is CCN(C(=O)Cc1csc(NC(=O)C2CC2)n1)c1c(N)n(Cc2ccccc2)c(=O)[nH]c1=O. The molecule has 1 saturated carbocycles. The van der Waals surface area contributed by atoms with Gasteiger partial charge in [-0.15, -0.1) is 11.3 Å². The Labute approximate surface area is 193 Å². The van der Waals surface area contributed by atoms with Crippen LogP contribution in [0.15, 0.2) is 45.3 Å². The number of hydrogen-bond donors (Lipinski definition) is 3. The van der Waals surface area contributed by atoms with Crippen LogP contribution in [0.5, 0.6) is 0 Å². The summed E-state index contributed by atoms with van der Waals surface area (Å²) in [6, 6.07) is 9.19. The van der Waals surface area contributed by atoms with Crippen molar-refractivity contribution in [2.75, 3.05) is 22.5 Å². The van der Waals surface area contributed by atoms with Gasteiger partial charge in [-0.2, -0.15) is 0 Å². The number of nitrogens with one attached hydrogen (secondary N) is 2. The van der Waals surface area contributed by atoms with E-state index in [9.17, 15) is 19.2 Å². The van der Waals surface area contributed by atoms with Crippen molar-refractivity contribution in [1.82, 2.24) is 14.5 Å². The number of rotatable bonds is 8. The number of hydrogen-bond acceptors (Lipinski definition) is 7. The lowest BCUT2D eigenvalue weighted by molar-refractivity contribution is -0.118. The van der Waals surface area contributed by atoms with Crippen LogP contribution in [0.1, 0.15) is 31.0 Å². The van der Waals surface area contributed by atoms with E-state index < -0.39 is 17.2 Å². The maximum Gasteiger partial charge on any atom is 0.330 e. The molecule has 3 aromatic rings. The van der Waals surface area contributed by atoms with Crippen LogP contribution in [0.3, 0.4) is 0 Å². The Morgan fingerprint density at radius 1 is 1.27 bits per heavy atom. The minimum absolute atomic E-state index is 0.0517. The third-order valence-corrected chi connectivity index (χ3v) is 6.15. The van der Waals surface area contributed by atoms with Crippen LogP contribution in [0.25, 0.3) is 0 Å². The third kappa shape index (κ3) is 5.03. The van der Waals surface area contributed by atoms with Crippen molar-refractivity contribution in [2.24, 2.45) is 5.92 Å². The normalized spacial score (nSPS) is 13.0. The number of anilines is 3. The molecule has 1 aromatic carbocycles. The molecule has 172 valence electrons. The average molecular weight is 469 g/mol. The van der Waals surface area contributed by atoms with Crippen molar-refractivity contribution in [3.8, 4) is 0 Å². The number of likely N-dealkylation sites (N-methyl/N-ethyl adjacent to an activating group) is 1. The Hall–Kier alpha value is -3.73. The highest BCUT2D eigenvalue weighted by atomic mass is 32.1. The van der Waals surface area contributed by atoms with Gasteiger partial charge in [-0.1, -0.05) is 30.3 Å². The standard InChI is InChI=1S/C22H24N6O4S/c1-2-27(16(29)10-15-12-33-21(24-15)25-19(30)14-8-9-14)17-18(23)28(22(32)26-20(17)31)11-13-6-4-3-5-7-13/h3-7,12,14H,2,8-11,23H2,1H3,(H,24,25,30)(H,26,31,32). The number of benzene rings is 1. The maximum absolute atomic E-state index is 13.1. The number of nitrogens with zero attached hydrogens (tertiary/aromatic N) is 3. The zero-order valence-electron chi connectivity index (χ0n) is 18.0. The minimum Gasteiger partial charge on any atom is -0.383 e. The van der Waals surface area contributed by atoms with E-state index >= 15 is 0 Å². The van der Waals surface area contributed by atoms with E-state index in [1.165, 1.54) is 20.8 Å². The molecule has 0 saturated heterocycles. The molecule has 0 spiro atoms. The Kier molecular flexibility index (Phi) is 6.40. The van der Waals surface area contributed by atoms with Crippen molar-refractivity contribution < 1.29 is 9.59 Å². The first-order valence-corrected chi connectivity index (χ1v) is 11.5. The fourth-order valence-electron chi connectivity index (χ4n) is 3.47. The van der Waals surface area contributed by atoms with E-state index in [1.54, 1.807) is 12.3 Å². The molecular formula is C22H24N6O4S. The first-order valence-electron chi connectivity index (χ1n) is 10.6.